The predicted molar refractivity (Wildman–Crippen MR) is 65.3 cm³/mol. The van der Waals surface area contributed by atoms with Crippen LogP contribution in [0.4, 0.5) is 11.5 Å². The Morgan fingerprint density at radius 2 is 2.29 bits per heavy atom. The van der Waals surface area contributed by atoms with Crippen molar-refractivity contribution in [1.29, 1.82) is 0 Å². The molecule has 1 amide bonds. The lowest BCUT2D eigenvalue weighted by Crippen LogP contribution is -2.25. The van der Waals surface area contributed by atoms with E-state index in [4.69, 9.17) is 0 Å². The normalized spacial score (nSPS) is 19.8. The first-order valence-corrected chi connectivity index (χ1v) is 5.97. The van der Waals surface area contributed by atoms with Gasteiger partial charge in [-0.2, -0.15) is 0 Å². The second-order valence-corrected chi connectivity index (χ2v) is 5.13. The molecule has 0 aliphatic carbocycles. The van der Waals surface area contributed by atoms with Gasteiger partial charge in [-0.15, -0.1) is 0 Å². The number of carbonyl (C=O) groups excluding carboxylic acids is 1. The Morgan fingerprint density at radius 3 is 2.76 bits per heavy atom. The molecule has 2 rings (SSSR count). The van der Waals surface area contributed by atoms with Crippen LogP contribution in [0.25, 0.3) is 0 Å². The lowest BCUT2D eigenvalue weighted by molar-refractivity contribution is -0.385. The van der Waals surface area contributed by atoms with Gasteiger partial charge in [-0.25, -0.2) is 4.98 Å². The summed E-state index contributed by atoms with van der Waals surface area (Å²) in [5.74, 6) is 0.452. The molecular formula is C10H10BrN3O3. The molecule has 1 unspecified atom stereocenters. The molecule has 7 heteroatoms. The predicted octanol–water partition coefficient (Wildman–Crippen LogP) is 1.80. The minimum Gasteiger partial charge on any atom is -0.296 e. The molecule has 0 spiro atoms. The van der Waals surface area contributed by atoms with Gasteiger partial charge >= 0.3 is 0 Å². The molecule has 1 atom stereocenters. The number of hydrogen-bond acceptors (Lipinski definition) is 4. The van der Waals surface area contributed by atoms with Crippen LogP contribution in [0.5, 0.6) is 0 Å². The van der Waals surface area contributed by atoms with Crippen molar-refractivity contribution in [2.24, 2.45) is 0 Å². The van der Waals surface area contributed by atoms with Crippen molar-refractivity contribution in [3.63, 3.8) is 0 Å². The fourth-order valence-electron chi connectivity index (χ4n) is 1.77. The van der Waals surface area contributed by atoms with Gasteiger partial charge in [0, 0.05) is 23.9 Å². The molecule has 17 heavy (non-hydrogen) atoms. The molecule has 1 fully saturated rings. The van der Waals surface area contributed by atoms with Crippen LogP contribution in [0.15, 0.2) is 12.1 Å². The molecule has 0 bridgehead atoms. The highest BCUT2D eigenvalue weighted by Gasteiger charge is 2.30. The molecule has 0 aromatic carbocycles. The van der Waals surface area contributed by atoms with Crippen molar-refractivity contribution in [1.82, 2.24) is 4.98 Å². The van der Waals surface area contributed by atoms with Crippen molar-refractivity contribution in [2.45, 2.75) is 18.2 Å². The number of aromatic nitrogens is 1. The lowest BCUT2D eigenvalue weighted by Gasteiger charge is -2.14. The number of hydrogen-bond donors (Lipinski definition) is 0. The molecular weight excluding hydrogens is 290 g/mol. The third-order valence-electron chi connectivity index (χ3n) is 2.59. The van der Waals surface area contributed by atoms with Crippen LogP contribution < -0.4 is 4.90 Å². The van der Waals surface area contributed by atoms with Gasteiger partial charge in [0.25, 0.3) is 5.69 Å². The number of pyridine rings is 1. The summed E-state index contributed by atoms with van der Waals surface area (Å²) in [5, 5.41) is 10.6. The number of anilines is 1. The Hall–Kier alpha value is -1.50. The van der Waals surface area contributed by atoms with Crippen LogP contribution in [0.2, 0.25) is 0 Å². The van der Waals surface area contributed by atoms with E-state index in [1.165, 1.54) is 17.0 Å². The summed E-state index contributed by atoms with van der Waals surface area (Å²) in [7, 11) is 0. The highest BCUT2D eigenvalue weighted by molar-refractivity contribution is 9.09. The molecule has 1 aromatic rings. The van der Waals surface area contributed by atoms with Gasteiger partial charge in [-0.3, -0.25) is 19.8 Å². The summed E-state index contributed by atoms with van der Waals surface area (Å²) in [6, 6.07) is 2.89. The van der Waals surface area contributed by atoms with Crippen LogP contribution in [-0.4, -0.2) is 27.2 Å². The summed E-state index contributed by atoms with van der Waals surface area (Å²) >= 11 is 3.37. The monoisotopic (exact) mass is 299 g/mol. The van der Waals surface area contributed by atoms with E-state index in [9.17, 15) is 14.9 Å². The highest BCUT2D eigenvalue weighted by Crippen LogP contribution is 2.26. The topological polar surface area (TPSA) is 76.3 Å². The minimum absolute atomic E-state index is 0.0207. The van der Waals surface area contributed by atoms with Gasteiger partial charge in [0.2, 0.25) is 5.91 Å². The first-order valence-electron chi connectivity index (χ1n) is 5.05. The van der Waals surface area contributed by atoms with Gasteiger partial charge in [0.15, 0.2) is 0 Å². The first-order chi connectivity index (χ1) is 7.99. The lowest BCUT2D eigenvalue weighted by atomic mass is 10.3. The summed E-state index contributed by atoms with van der Waals surface area (Å²) < 4.78 is 0. The number of amides is 1. The number of carbonyl (C=O) groups is 1. The molecule has 1 saturated heterocycles. The van der Waals surface area contributed by atoms with Crippen LogP contribution in [0, 0.1) is 17.0 Å². The van der Waals surface area contributed by atoms with Crippen LogP contribution in [-0.2, 0) is 4.79 Å². The molecule has 2 heterocycles. The van der Waals surface area contributed by atoms with Gasteiger partial charge in [0.1, 0.15) is 11.5 Å². The van der Waals surface area contributed by atoms with E-state index in [1.54, 1.807) is 6.92 Å². The molecule has 0 saturated carbocycles. The average Bonchev–Trinajstić information content (AvgIpc) is 2.57. The standard InChI is InChI=1S/C10H10BrN3O3/c1-6-8(14(16)17)2-3-9(12-6)13-5-7(11)4-10(13)15/h2-3,7H,4-5H2,1H3. The largest absolute Gasteiger partial charge is 0.296 e. The van der Waals surface area contributed by atoms with Crippen molar-refractivity contribution >= 4 is 33.3 Å². The van der Waals surface area contributed by atoms with E-state index in [0.29, 0.717) is 24.5 Å². The SMILES string of the molecule is Cc1nc(N2CC(Br)CC2=O)ccc1[N+](=O)[O-]. The van der Waals surface area contributed by atoms with Crippen molar-refractivity contribution in [2.75, 3.05) is 11.4 Å². The average molecular weight is 300 g/mol. The minimum atomic E-state index is -0.481. The zero-order chi connectivity index (χ0) is 12.6. The van der Waals surface area contributed by atoms with Crippen molar-refractivity contribution < 1.29 is 9.72 Å². The first kappa shape index (κ1) is 12.0. The zero-order valence-corrected chi connectivity index (χ0v) is 10.7. The van der Waals surface area contributed by atoms with E-state index >= 15 is 0 Å². The number of rotatable bonds is 2. The van der Waals surface area contributed by atoms with E-state index in [-0.39, 0.29) is 16.4 Å². The van der Waals surface area contributed by atoms with Gasteiger partial charge in [-0.05, 0) is 13.0 Å². The van der Waals surface area contributed by atoms with E-state index < -0.39 is 4.92 Å². The molecule has 1 aliphatic heterocycles. The Kier molecular flexibility index (Phi) is 3.10. The van der Waals surface area contributed by atoms with E-state index in [0.717, 1.165) is 0 Å². The van der Waals surface area contributed by atoms with Crippen LogP contribution in [0.3, 0.4) is 0 Å². The molecule has 6 nitrogen and oxygen atoms in total. The van der Waals surface area contributed by atoms with E-state index in [2.05, 4.69) is 20.9 Å². The molecule has 1 aliphatic rings. The maximum absolute atomic E-state index is 11.6. The molecule has 90 valence electrons. The second-order valence-electron chi connectivity index (χ2n) is 3.84. The molecule has 0 radical (unpaired) electrons. The van der Waals surface area contributed by atoms with Crippen LogP contribution >= 0.6 is 15.9 Å². The van der Waals surface area contributed by atoms with Crippen LogP contribution in [0.1, 0.15) is 12.1 Å². The Balaban J connectivity index is 2.32. The summed E-state index contributed by atoms with van der Waals surface area (Å²) in [6.07, 6.45) is 0.428. The summed E-state index contributed by atoms with van der Waals surface area (Å²) in [5.41, 5.74) is 0.286. The Labute approximate surface area is 106 Å². The van der Waals surface area contributed by atoms with E-state index in [1.807, 2.05) is 0 Å². The maximum Gasteiger partial charge on any atom is 0.290 e. The Bertz CT molecular complexity index is 492. The quantitative estimate of drug-likeness (QED) is 0.474. The zero-order valence-electron chi connectivity index (χ0n) is 9.09. The highest BCUT2D eigenvalue weighted by atomic mass is 79.9. The number of aryl methyl sites for hydroxylation is 1. The number of nitro groups is 1. The van der Waals surface area contributed by atoms with Crippen molar-refractivity contribution in [3.8, 4) is 0 Å². The van der Waals surface area contributed by atoms with Crippen molar-refractivity contribution in [3.05, 3.63) is 27.9 Å². The third-order valence-corrected chi connectivity index (χ3v) is 3.21. The number of halogens is 1. The van der Waals surface area contributed by atoms with Gasteiger partial charge in [-0.1, -0.05) is 15.9 Å². The summed E-state index contributed by atoms with van der Waals surface area (Å²) in [4.78, 5) is 27.6. The van der Waals surface area contributed by atoms with Gasteiger partial charge in [0.05, 0.1) is 4.92 Å². The Morgan fingerprint density at radius 1 is 1.59 bits per heavy atom. The third kappa shape index (κ3) is 2.28. The molecule has 1 aromatic heterocycles. The molecule has 0 N–H and O–H groups in total. The number of nitrogens with zero attached hydrogens (tertiary/aromatic N) is 3. The number of alkyl halides is 1. The summed E-state index contributed by atoms with van der Waals surface area (Å²) in [6.45, 7) is 2.11. The fraction of sp³-hybridized carbons (Fsp3) is 0.400. The van der Waals surface area contributed by atoms with Gasteiger partial charge < -0.3 is 0 Å². The smallest absolute Gasteiger partial charge is 0.290 e. The fourth-order valence-corrected chi connectivity index (χ4v) is 2.34. The maximum atomic E-state index is 11.6. The second kappa shape index (κ2) is 4.40.